The van der Waals surface area contributed by atoms with E-state index in [1.165, 1.54) is 0 Å². The van der Waals surface area contributed by atoms with E-state index in [2.05, 4.69) is 11.6 Å². The number of hydrogen-bond acceptors (Lipinski definition) is 3. The molecular formula is C11H27N3. The molecule has 0 aliphatic carbocycles. The van der Waals surface area contributed by atoms with Gasteiger partial charge in [0.15, 0.2) is 0 Å². The maximum absolute atomic E-state index is 3.81. The molecule has 0 rings (SSSR count). The highest BCUT2D eigenvalue weighted by molar-refractivity contribution is 5.52. The van der Waals surface area contributed by atoms with Gasteiger partial charge >= 0.3 is 0 Å². The van der Waals surface area contributed by atoms with Crippen molar-refractivity contribution in [3.8, 4) is 0 Å². The van der Waals surface area contributed by atoms with Crippen LogP contribution in [-0.2, 0) is 0 Å². The van der Waals surface area contributed by atoms with Crippen LogP contribution in [0.3, 0.4) is 0 Å². The van der Waals surface area contributed by atoms with Crippen molar-refractivity contribution in [2.45, 2.75) is 20.8 Å². The summed E-state index contributed by atoms with van der Waals surface area (Å²) >= 11 is 0. The average Bonchev–Trinajstić information content (AvgIpc) is 2.19. The van der Waals surface area contributed by atoms with E-state index in [4.69, 9.17) is 0 Å². The smallest absolute Gasteiger partial charge is 0.0954 e. The van der Waals surface area contributed by atoms with Crippen LogP contribution >= 0.6 is 0 Å². The van der Waals surface area contributed by atoms with Crippen molar-refractivity contribution in [3.63, 3.8) is 0 Å². The number of hydrogen-bond donors (Lipinski definition) is 0. The van der Waals surface area contributed by atoms with Crippen molar-refractivity contribution in [1.82, 2.24) is 9.80 Å². The van der Waals surface area contributed by atoms with Gasteiger partial charge in [-0.25, -0.2) is 0 Å². The fourth-order valence-electron chi connectivity index (χ4n) is 0.400. The molecule has 0 aromatic rings. The Kier molecular flexibility index (Phi) is 19.4. The topological polar surface area (TPSA) is 18.8 Å². The molecular weight excluding hydrogens is 174 g/mol. The lowest BCUT2D eigenvalue weighted by molar-refractivity contribution is 0.345. The van der Waals surface area contributed by atoms with Crippen molar-refractivity contribution in [2.75, 3.05) is 35.2 Å². The second-order valence-corrected chi connectivity index (χ2v) is 2.72. The number of nitrogens with zero attached hydrogens (tertiary/aromatic N) is 3. The molecule has 0 saturated heterocycles. The third kappa shape index (κ3) is 17.2. The Labute approximate surface area is 90.1 Å². The van der Waals surface area contributed by atoms with Crippen LogP contribution in [-0.4, -0.2) is 51.3 Å². The Bertz CT molecular complexity index is 123. The summed E-state index contributed by atoms with van der Waals surface area (Å²) in [4.78, 5) is 7.56. The molecule has 0 aromatic carbocycles. The standard InChI is InChI=1S/C6H14N2.C3H7N.C2H6/c1-6(7(2)3)8(4)5;1-3-4-2;1-2/h1H2,2-5H3;3H,1-2H3;1-2H3. The summed E-state index contributed by atoms with van der Waals surface area (Å²) in [5, 5.41) is 0. The molecule has 0 amide bonds. The fourth-order valence-corrected chi connectivity index (χ4v) is 0.400. The van der Waals surface area contributed by atoms with Crippen LogP contribution in [0.5, 0.6) is 0 Å². The van der Waals surface area contributed by atoms with Gasteiger partial charge in [-0.15, -0.1) is 0 Å². The van der Waals surface area contributed by atoms with Gasteiger partial charge in [-0.05, 0) is 13.1 Å². The average molecular weight is 201 g/mol. The van der Waals surface area contributed by atoms with Gasteiger partial charge in [-0.2, -0.15) is 0 Å². The minimum Gasteiger partial charge on any atom is -0.365 e. The first kappa shape index (κ1) is 18.7. The number of aliphatic imine (C=N–C) groups is 1. The van der Waals surface area contributed by atoms with E-state index in [0.29, 0.717) is 0 Å². The van der Waals surface area contributed by atoms with Crippen LogP contribution in [0.2, 0.25) is 0 Å². The fraction of sp³-hybridized carbons (Fsp3) is 0.727. The Hall–Kier alpha value is -0.990. The minimum atomic E-state index is 1.02. The molecule has 0 saturated carbocycles. The second-order valence-electron chi connectivity index (χ2n) is 2.72. The van der Waals surface area contributed by atoms with E-state index >= 15 is 0 Å². The highest BCUT2D eigenvalue weighted by Gasteiger charge is 1.94. The predicted molar refractivity (Wildman–Crippen MR) is 68.0 cm³/mol. The van der Waals surface area contributed by atoms with E-state index in [-0.39, 0.29) is 0 Å². The van der Waals surface area contributed by atoms with Gasteiger partial charge in [0.1, 0.15) is 0 Å². The Morgan fingerprint density at radius 1 is 1.07 bits per heavy atom. The molecule has 0 spiro atoms. The summed E-state index contributed by atoms with van der Waals surface area (Å²) in [5.41, 5.74) is 0. The van der Waals surface area contributed by atoms with Gasteiger partial charge in [0, 0.05) is 35.2 Å². The molecule has 0 unspecified atom stereocenters. The largest absolute Gasteiger partial charge is 0.365 e. The zero-order valence-corrected chi connectivity index (χ0v) is 11.1. The molecule has 86 valence electrons. The number of rotatable bonds is 2. The normalized spacial score (nSPS) is 8.00. The van der Waals surface area contributed by atoms with Crippen LogP contribution in [0, 0.1) is 0 Å². The van der Waals surface area contributed by atoms with Crippen molar-refractivity contribution < 1.29 is 0 Å². The van der Waals surface area contributed by atoms with Crippen molar-refractivity contribution in [2.24, 2.45) is 4.99 Å². The zero-order valence-electron chi connectivity index (χ0n) is 11.1. The first-order valence-electron chi connectivity index (χ1n) is 4.87. The van der Waals surface area contributed by atoms with Gasteiger partial charge < -0.3 is 14.8 Å². The van der Waals surface area contributed by atoms with Gasteiger partial charge in [-0.1, -0.05) is 20.4 Å². The summed E-state index contributed by atoms with van der Waals surface area (Å²) < 4.78 is 0. The molecule has 0 fully saturated rings. The monoisotopic (exact) mass is 201 g/mol. The molecule has 3 nitrogen and oxygen atoms in total. The molecule has 0 bridgehead atoms. The summed E-state index contributed by atoms with van der Waals surface area (Å²) in [6.07, 6.45) is 1.75. The minimum absolute atomic E-state index is 1.02. The van der Waals surface area contributed by atoms with E-state index < -0.39 is 0 Å². The predicted octanol–water partition coefficient (Wildman–Crippen LogP) is 2.31. The maximum Gasteiger partial charge on any atom is 0.0954 e. The van der Waals surface area contributed by atoms with Gasteiger partial charge in [0.05, 0.1) is 5.82 Å². The van der Waals surface area contributed by atoms with Crippen LogP contribution in [0.25, 0.3) is 0 Å². The SMILES string of the molecule is C=C(N(C)C)N(C)C.CC.CC=NC. The third-order valence-corrected chi connectivity index (χ3v) is 1.29. The molecule has 0 aliphatic rings. The lowest BCUT2D eigenvalue weighted by Gasteiger charge is -2.22. The Balaban J connectivity index is -0.000000170. The highest BCUT2D eigenvalue weighted by Crippen LogP contribution is 1.95. The zero-order chi connectivity index (χ0) is 12.1. The molecule has 0 N–H and O–H groups in total. The quantitative estimate of drug-likeness (QED) is 0.639. The van der Waals surface area contributed by atoms with Gasteiger partial charge in [0.25, 0.3) is 0 Å². The van der Waals surface area contributed by atoms with E-state index in [9.17, 15) is 0 Å². The lowest BCUT2D eigenvalue weighted by atomic mass is 10.6. The summed E-state index contributed by atoms with van der Waals surface area (Å²) in [6, 6.07) is 0. The van der Waals surface area contributed by atoms with E-state index in [1.54, 1.807) is 13.3 Å². The first-order valence-corrected chi connectivity index (χ1v) is 4.87. The second kappa shape index (κ2) is 14.5. The van der Waals surface area contributed by atoms with Crippen LogP contribution in [0.4, 0.5) is 0 Å². The van der Waals surface area contributed by atoms with Crippen LogP contribution in [0.1, 0.15) is 20.8 Å². The molecule has 3 heteroatoms. The molecule has 0 aliphatic heterocycles. The molecule has 0 aromatic heterocycles. The van der Waals surface area contributed by atoms with Crippen molar-refractivity contribution in [1.29, 1.82) is 0 Å². The Morgan fingerprint density at radius 3 is 1.29 bits per heavy atom. The van der Waals surface area contributed by atoms with Gasteiger partial charge in [0.2, 0.25) is 0 Å². The Morgan fingerprint density at radius 2 is 1.29 bits per heavy atom. The van der Waals surface area contributed by atoms with Crippen molar-refractivity contribution in [3.05, 3.63) is 12.4 Å². The molecule has 0 heterocycles. The molecule has 0 atom stereocenters. The lowest BCUT2D eigenvalue weighted by Crippen LogP contribution is -2.23. The maximum atomic E-state index is 3.81. The van der Waals surface area contributed by atoms with Crippen molar-refractivity contribution >= 4 is 6.21 Å². The highest BCUT2D eigenvalue weighted by atomic mass is 15.3. The van der Waals surface area contributed by atoms with Crippen LogP contribution in [0.15, 0.2) is 17.4 Å². The molecule has 0 radical (unpaired) electrons. The summed E-state index contributed by atoms with van der Waals surface area (Å²) in [6.45, 7) is 9.69. The third-order valence-electron chi connectivity index (χ3n) is 1.29. The molecule has 14 heavy (non-hydrogen) atoms. The van der Waals surface area contributed by atoms with E-state index in [0.717, 1.165) is 5.82 Å². The first-order chi connectivity index (χ1) is 6.47. The summed E-state index contributed by atoms with van der Waals surface area (Å²) in [7, 11) is 9.65. The van der Waals surface area contributed by atoms with E-state index in [1.807, 2.05) is 58.8 Å². The summed E-state index contributed by atoms with van der Waals surface area (Å²) in [5.74, 6) is 1.02. The van der Waals surface area contributed by atoms with Crippen LogP contribution < -0.4 is 0 Å². The van der Waals surface area contributed by atoms with Gasteiger partial charge in [-0.3, -0.25) is 0 Å².